The third kappa shape index (κ3) is 4.84. The maximum absolute atomic E-state index is 13.0. The Morgan fingerprint density at radius 1 is 0.970 bits per heavy atom. The van der Waals surface area contributed by atoms with Gasteiger partial charge in [0.1, 0.15) is 5.75 Å². The first-order valence-electron chi connectivity index (χ1n) is 9.86. The van der Waals surface area contributed by atoms with E-state index in [1.807, 2.05) is 36.4 Å². The lowest BCUT2D eigenvalue weighted by molar-refractivity contribution is -0.137. The third-order valence-electron chi connectivity index (χ3n) is 5.21. The number of aromatic nitrogens is 1. The van der Waals surface area contributed by atoms with Gasteiger partial charge in [-0.3, -0.25) is 4.98 Å². The molecule has 0 radical (unpaired) electrons. The quantitative estimate of drug-likeness (QED) is 0.408. The van der Waals surface area contributed by atoms with Crippen LogP contribution in [0, 0.1) is 0 Å². The maximum atomic E-state index is 13.0. The van der Waals surface area contributed by atoms with Crippen LogP contribution in [0.25, 0.3) is 21.9 Å². The minimum atomic E-state index is -4.64. The van der Waals surface area contributed by atoms with E-state index < -0.39 is 26.7 Å². The number of nitrogens with one attached hydrogen (secondary N) is 1. The zero-order chi connectivity index (χ0) is 23.6. The van der Waals surface area contributed by atoms with E-state index in [4.69, 9.17) is 4.74 Å². The van der Waals surface area contributed by atoms with Gasteiger partial charge in [0.2, 0.25) is 10.0 Å². The fourth-order valence-corrected chi connectivity index (χ4v) is 4.59. The monoisotopic (exact) mass is 472 g/mol. The van der Waals surface area contributed by atoms with Crippen molar-refractivity contribution in [2.75, 3.05) is 7.11 Å². The summed E-state index contributed by atoms with van der Waals surface area (Å²) in [6.45, 7) is -0.112. The van der Waals surface area contributed by atoms with Crippen LogP contribution < -0.4 is 9.46 Å². The molecule has 0 spiro atoms. The van der Waals surface area contributed by atoms with Crippen LogP contribution in [0.1, 0.15) is 11.1 Å². The zero-order valence-corrected chi connectivity index (χ0v) is 18.2. The molecule has 5 nitrogen and oxygen atoms in total. The summed E-state index contributed by atoms with van der Waals surface area (Å²) in [5.41, 5.74) is 1.44. The van der Waals surface area contributed by atoms with Crippen LogP contribution in [-0.2, 0) is 22.7 Å². The highest BCUT2D eigenvalue weighted by Gasteiger charge is 2.31. The highest BCUT2D eigenvalue weighted by molar-refractivity contribution is 7.89. The molecule has 0 bridgehead atoms. The fraction of sp³-hybridized carbons (Fsp3) is 0.125. The maximum Gasteiger partial charge on any atom is 0.416 e. The molecule has 4 rings (SSSR count). The Bertz CT molecular complexity index is 1420. The van der Waals surface area contributed by atoms with Crippen molar-refractivity contribution < 1.29 is 26.3 Å². The average Bonchev–Trinajstić information content (AvgIpc) is 2.82. The van der Waals surface area contributed by atoms with Gasteiger partial charge in [0.15, 0.2) is 0 Å². The average molecular weight is 472 g/mol. The SMILES string of the molecule is COc1cccc(-c2ccc(CNS(=O)(=O)c3cccc(C(F)(F)F)c3)c3cnccc23)c1. The molecule has 0 atom stereocenters. The van der Waals surface area contributed by atoms with Crippen molar-refractivity contribution in [3.05, 3.63) is 90.3 Å². The molecular weight excluding hydrogens is 453 g/mol. The van der Waals surface area contributed by atoms with Crippen LogP contribution >= 0.6 is 0 Å². The first-order chi connectivity index (χ1) is 15.7. The number of benzene rings is 3. The Labute approximate surface area is 188 Å². The molecular formula is C24H19F3N2O3S. The Balaban J connectivity index is 1.66. The number of pyridine rings is 1. The number of alkyl halides is 3. The van der Waals surface area contributed by atoms with Crippen molar-refractivity contribution in [3.63, 3.8) is 0 Å². The van der Waals surface area contributed by atoms with Gasteiger partial charge >= 0.3 is 6.18 Å². The largest absolute Gasteiger partial charge is 0.497 e. The summed E-state index contributed by atoms with van der Waals surface area (Å²) in [6, 6.07) is 16.7. The minimum Gasteiger partial charge on any atom is -0.497 e. The third-order valence-corrected chi connectivity index (χ3v) is 6.61. The van der Waals surface area contributed by atoms with Gasteiger partial charge in [0, 0.05) is 24.3 Å². The molecule has 0 aliphatic heterocycles. The lowest BCUT2D eigenvalue weighted by Gasteiger charge is -2.14. The Hall–Kier alpha value is -3.43. The van der Waals surface area contributed by atoms with E-state index in [2.05, 4.69) is 9.71 Å². The molecule has 3 aromatic carbocycles. The van der Waals surface area contributed by atoms with Gasteiger partial charge in [-0.15, -0.1) is 0 Å². The van der Waals surface area contributed by atoms with Gasteiger partial charge in [0.25, 0.3) is 0 Å². The standard InChI is InChI=1S/C24H19F3N2O3S/c1-32-19-6-2-4-16(12-19)21-9-8-17(23-15-28-11-10-22(21)23)14-29-33(30,31)20-7-3-5-18(13-20)24(25,26)27/h2-13,15,29H,14H2,1H3. The first kappa shape index (κ1) is 22.8. The lowest BCUT2D eigenvalue weighted by atomic mass is 9.96. The summed E-state index contributed by atoms with van der Waals surface area (Å²) >= 11 is 0. The van der Waals surface area contributed by atoms with Crippen LogP contribution in [0.2, 0.25) is 0 Å². The molecule has 0 saturated carbocycles. The van der Waals surface area contributed by atoms with Gasteiger partial charge in [-0.05, 0) is 58.5 Å². The Morgan fingerprint density at radius 2 is 1.76 bits per heavy atom. The second-order valence-corrected chi connectivity index (χ2v) is 9.04. The molecule has 9 heteroatoms. The number of fused-ring (bicyclic) bond motifs is 1. The molecule has 1 heterocycles. The van der Waals surface area contributed by atoms with Gasteiger partial charge < -0.3 is 4.74 Å². The number of nitrogens with zero attached hydrogens (tertiary/aromatic N) is 1. The molecule has 33 heavy (non-hydrogen) atoms. The van der Waals surface area contributed by atoms with Crippen LogP contribution in [0.4, 0.5) is 13.2 Å². The fourth-order valence-electron chi connectivity index (χ4n) is 3.54. The first-order valence-corrected chi connectivity index (χ1v) is 11.3. The van der Waals surface area contributed by atoms with Crippen molar-refractivity contribution in [1.82, 2.24) is 9.71 Å². The van der Waals surface area contributed by atoms with Gasteiger partial charge in [-0.2, -0.15) is 13.2 Å². The Kier molecular flexibility index (Phi) is 6.09. The van der Waals surface area contributed by atoms with Crippen molar-refractivity contribution in [2.24, 2.45) is 0 Å². The predicted octanol–water partition coefficient (Wildman–Crippen LogP) is 5.41. The van der Waals surface area contributed by atoms with Crippen LogP contribution in [0.5, 0.6) is 5.75 Å². The van der Waals surface area contributed by atoms with E-state index in [-0.39, 0.29) is 6.54 Å². The van der Waals surface area contributed by atoms with E-state index in [9.17, 15) is 21.6 Å². The smallest absolute Gasteiger partial charge is 0.416 e. The zero-order valence-electron chi connectivity index (χ0n) is 17.4. The van der Waals surface area contributed by atoms with E-state index in [0.29, 0.717) is 17.4 Å². The number of ether oxygens (including phenoxy) is 1. The molecule has 1 N–H and O–H groups in total. The van der Waals surface area contributed by atoms with Crippen LogP contribution in [0.15, 0.2) is 84.0 Å². The number of hydrogen-bond acceptors (Lipinski definition) is 4. The van der Waals surface area contributed by atoms with Crippen molar-refractivity contribution in [1.29, 1.82) is 0 Å². The summed E-state index contributed by atoms with van der Waals surface area (Å²) in [5.74, 6) is 0.702. The second-order valence-electron chi connectivity index (χ2n) is 7.28. The summed E-state index contributed by atoms with van der Waals surface area (Å²) in [7, 11) is -2.58. The van der Waals surface area contributed by atoms with E-state index in [0.717, 1.165) is 40.1 Å². The molecule has 0 aliphatic carbocycles. The summed E-state index contributed by atoms with van der Waals surface area (Å²) in [4.78, 5) is 3.71. The summed E-state index contributed by atoms with van der Waals surface area (Å²) in [6.07, 6.45) is -1.36. The summed E-state index contributed by atoms with van der Waals surface area (Å²) < 4.78 is 72.0. The predicted molar refractivity (Wildman–Crippen MR) is 119 cm³/mol. The van der Waals surface area contributed by atoms with Crippen molar-refractivity contribution >= 4 is 20.8 Å². The molecule has 4 aromatic rings. The molecule has 0 amide bonds. The Morgan fingerprint density at radius 3 is 2.52 bits per heavy atom. The van der Waals surface area contributed by atoms with E-state index in [1.54, 1.807) is 25.6 Å². The van der Waals surface area contributed by atoms with Gasteiger partial charge in [0.05, 0.1) is 17.6 Å². The normalized spacial score (nSPS) is 12.1. The molecule has 0 fully saturated rings. The number of hydrogen-bond donors (Lipinski definition) is 1. The molecule has 0 aliphatic rings. The van der Waals surface area contributed by atoms with E-state index in [1.165, 1.54) is 0 Å². The van der Waals surface area contributed by atoms with Gasteiger partial charge in [-0.1, -0.05) is 30.3 Å². The minimum absolute atomic E-state index is 0.112. The number of methoxy groups -OCH3 is 1. The van der Waals surface area contributed by atoms with E-state index >= 15 is 0 Å². The van der Waals surface area contributed by atoms with Crippen LogP contribution in [-0.4, -0.2) is 20.5 Å². The highest BCUT2D eigenvalue weighted by Crippen LogP contribution is 2.33. The molecule has 0 unspecified atom stereocenters. The highest BCUT2D eigenvalue weighted by atomic mass is 32.2. The molecule has 170 valence electrons. The molecule has 1 aromatic heterocycles. The second kappa shape index (κ2) is 8.84. The lowest BCUT2D eigenvalue weighted by Crippen LogP contribution is -2.23. The van der Waals surface area contributed by atoms with Crippen molar-refractivity contribution in [3.8, 4) is 16.9 Å². The molecule has 0 saturated heterocycles. The number of sulfonamides is 1. The van der Waals surface area contributed by atoms with Crippen LogP contribution in [0.3, 0.4) is 0 Å². The topological polar surface area (TPSA) is 68.3 Å². The number of rotatable bonds is 6. The summed E-state index contributed by atoms with van der Waals surface area (Å²) in [5, 5.41) is 1.58. The van der Waals surface area contributed by atoms with Gasteiger partial charge in [-0.25, -0.2) is 13.1 Å². The number of halogens is 3. The van der Waals surface area contributed by atoms with Crippen molar-refractivity contribution in [2.45, 2.75) is 17.6 Å².